The number of anilines is 1. The molecule has 0 aliphatic carbocycles. The molecule has 4 rings (SSSR count). The maximum absolute atomic E-state index is 13.4. The van der Waals surface area contributed by atoms with E-state index >= 15 is 0 Å². The fraction of sp³-hybridized carbons (Fsp3) is 0.0952. The Morgan fingerprint density at radius 2 is 2.03 bits per heavy atom. The number of carbonyl (C=O) groups excluding carboxylic acids is 1. The van der Waals surface area contributed by atoms with Gasteiger partial charge in [-0.05, 0) is 42.8 Å². The van der Waals surface area contributed by atoms with Gasteiger partial charge < -0.3 is 0 Å². The van der Waals surface area contributed by atoms with Gasteiger partial charge in [0.15, 0.2) is 5.13 Å². The maximum Gasteiger partial charge on any atom is 0.270 e. The lowest BCUT2D eigenvalue weighted by molar-refractivity contribution is -0.384. The Morgan fingerprint density at radius 1 is 1.20 bits per heavy atom. The lowest BCUT2D eigenvalue weighted by atomic mass is 10.1. The number of aromatic nitrogens is 2. The number of fused-ring (bicyclic) bond motifs is 1. The largest absolute Gasteiger partial charge is 0.278 e. The van der Waals surface area contributed by atoms with Crippen molar-refractivity contribution in [1.29, 1.82) is 0 Å². The van der Waals surface area contributed by atoms with Crippen molar-refractivity contribution in [2.75, 3.05) is 4.90 Å². The highest BCUT2D eigenvalue weighted by Gasteiger charge is 2.24. The third kappa shape index (κ3) is 3.87. The van der Waals surface area contributed by atoms with Crippen LogP contribution >= 0.6 is 22.9 Å². The van der Waals surface area contributed by atoms with E-state index in [9.17, 15) is 14.9 Å². The summed E-state index contributed by atoms with van der Waals surface area (Å²) < 4.78 is 0.893. The van der Waals surface area contributed by atoms with E-state index in [0.717, 1.165) is 15.8 Å². The van der Waals surface area contributed by atoms with Gasteiger partial charge in [0, 0.05) is 28.9 Å². The standard InChI is InChI=1S/C21H15ClN4O3S/c1-13-17(22)8-9-18-19(13)24-21(30-18)25(12-15-6-2-3-10-23-15)20(27)14-5-4-7-16(11-14)26(28)29/h2-11H,12H2,1H3. The number of nitrogens with zero attached hydrogens (tertiary/aromatic N) is 4. The Kier molecular flexibility index (Phi) is 5.43. The van der Waals surface area contributed by atoms with E-state index in [1.165, 1.54) is 34.4 Å². The Bertz CT molecular complexity index is 1260. The van der Waals surface area contributed by atoms with Crippen LogP contribution in [0.2, 0.25) is 5.02 Å². The lowest BCUT2D eigenvalue weighted by Crippen LogP contribution is -2.30. The summed E-state index contributed by atoms with van der Waals surface area (Å²) >= 11 is 7.58. The first-order chi connectivity index (χ1) is 14.4. The van der Waals surface area contributed by atoms with Crippen LogP contribution in [0.3, 0.4) is 0 Å². The van der Waals surface area contributed by atoms with Gasteiger partial charge in [0.25, 0.3) is 11.6 Å². The molecule has 150 valence electrons. The van der Waals surface area contributed by atoms with Crippen LogP contribution in [0, 0.1) is 17.0 Å². The third-order valence-corrected chi connectivity index (χ3v) is 6.02. The molecule has 30 heavy (non-hydrogen) atoms. The molecule has 0 aliphatic rings. The summed E-state index contributed by atoms with van der Waals surface area (Å²) in [6, 6.07) is 14.8. The number of non-ortho nitro benzene ring substituents is 1. The van der Waals surface area contributed by atoms with Gasteiger partial charge in [0.2, 0.25) is 0 Å². The molecular weight excluding hydrogens is 424 g/mol. The van der Waals surface area contributed by atoms with E-state index in [1.807, 2.05) is 25.1 Å². The average Bonchev–Trinajstić information content (AvgIpc) is 3.20. The Labute approximate surface area is 180 Å². The second kappa shape index (κ2) is 8.17. The van der Waals surface area contributed by atoms with Crippen molar-refractivity contribution in [2.24, 2.45) is 0 Å². The summed E-state index contributed by atoms with van der Waals surface area (Å²) in [6.07, 6.45) is 1.65. The molecular formula is C21H15ClN4O3S. The number of aryl methyl sites for hydroxylation is 1. The zero-order valence-corrected chi connectivity index (χ0v) is 17.4. The van der Waals surface area contributed by atoms with Crippen molar-refractivity contribution in [2.45, 2.75) is 13.5 Å². The van der Waals surface area contributed by atoms with Gasteiger partial charge >= 0.3 is 0 Å². The molecule has 1 amide bonds. The molecule has 4 aromatic rings. The smallest absolute Gasteiger partial charge is 0.270 e. The number of benzene rings is 2. The van der Waals surface area contributed by atoms with Crippen LogP contribution in [0.15, 0.2) is 60.8 Å². The third-order valence-electron chi connectivity index (χ3n) is 4.56. The number of hydrogen-bond acceptors (Lipinski definition) is 6. The summed E-state index contributed by atoms with van der Waals surface area (Å²) in [7, 11) is 0. The predicted molar refractivity (Wildman–Crippen MR) is 117 cm³/mol. The van der Waals surface area contributed by atoms with E-state index in [1.54, 1.807) is 24.4 Å². The first-order valence-electron chi connectivity index (χ1n) is 8.96. The maximum atomic E-state index is 13.4. The minimum Gasteiger partial charge on any atom is -0.278 e. The number of halogens is 1. The molecule has 2 aromatic carbocycles. The second-order valence-electron chi connectivity index (χ2n) is 6.54. The molecule has 0 N–H and O–H groups in total. The first kappa shape index (κ1) is 19.9. The van der Waals surface area contributed by atoms with E-state index in [4.69, 9.17) is 11.6 Å². The van der Waals surface area contributed by atoms with Crippen LogP contribution in [0.25, 0.3) is 10.2 Å². The number of rotatable bonds is 5. The quantitative estimate of drug-likeness (QED) is 0.307. The van der Waals surface area contributed by atoms with Crippen molar-refractivity contribution in [3.63, 3.8) is 0 Å². The fourth-order valence-corrected chi connectivity index (χ4v) is 4.17. The van der Waals surface area contributed by atoms with Crippen molar-refractivity contribution >= 4 is 49.9 Å². The van der Waals surface area contributed by atoms with Crippen molar-refractivity contribution in [1.82, 2.24) is 9.97 Å². The van der Waals surface area contributed by atoms with Crippen LogP contribution in [-0.4, -0.2) is 20.8 Å². The number of nitro benzene ring substituents is 1. The summed E-state index contributed by atoms with van der Waals surface area (Å²) in [4.78, 5) is 34.4. The van der Waals surface area contributed by atoms with Crippen LogP contribution in [0.5, 0.6) is 0 Å². The van der Waals surface area contributed by atoms with E-state index < -0.39 is 10.8 Å². The summed E-state index contributed by atoms with van der Waals surface area (Å²) in [6.45, 7) is 2.05. The number of pyridine rings is 1. The molecule has 0 aliphatic heterocycles. The normalized spacial score (nSPS) is 10.9. The zero-order valence-electron chi connectivity index (χ0n) is 15.8. The van der Waals surface area contributed by atoms with Crippen LogP contribution in [0.1, 0.15) is 21.6 Å². The minimum absolute atomic E-state index is 0.148. The van der Waals surface area contributed by atoms with E-state index in [2.05, 4.69) is 9.97 Å². The monoisotopic (exact) mass is 438 g/mol. The van der Waals surface area contributed by atoms with E-state index in [-0.39, 0.29) is 17.8 Å². The van der Waals surface area contributed by atoms with Crippen LogP contribution < -0.4 is 4.90 Å². The lowest BCUT2D eigenvalue weighted by Gasteiger charge is -2.19. The highest BCUT2D eigenvalue weighted by molar-refractivity contribution is 7.22. The molecule has 0 fully saturated rings. The predicted octanol–water partition coefficient (Wildman–Crippen LogP) is 5.41. The highest BCUT2D eigenvalue weighted by atomic mass is 35.5. The number of hydrogen-bond donors (Lipinski definition) is 0. The highest BCUT2D eigenvalue weighted by Crippen LogP contribution is 2.34. The van der Waals surface area contributed by atoms with Crippen molar-refractivity contribution in [3.05, 3.63) is 92.8 Å². The topological polar surface area (TPSA) is 89.2 Å². The number of nitro groups is 1. The summed E-state index contributed by atoms with van der Waals surface area (Å²) in [5, 5.41) is 12.2. The molecule has 0 spiro atoms. The van der Waals surface area contributed by atoms with Gasteiger partial charge in [0.05, 0.1) is 27.4 Å². The molecule has 2 heterocycles. The van der Waals surface area contributed by atoms with Gasteiger partial charge in [-0.2, -0.15) is 0 Å². The SMILES string of the molecule is Cc1c(Cl)ccc2sc(N(Cc3ccccn3)C(=O)c3cccc([N+](=O)[O-])c3)nc12. The first-order valence-corrected chi connectivity index (χ1v) is 10.2. The molecule has 0 atom stereocenters. The van der Waals surface area contributed by atoms with Gasteiger partial charge in [-0.1, -0.05) is 35.1 Å². The summed E-state index contributed by atoms with van der Waals surface area (Å²) in [5.74, 6) is -0.396. The molecule has 7 nitrogen and oxygen atoms in total. The molecule has 0 saturated carbocycles. The van der Waals surface area contributed by atoms with Gasteiger partial charge in [0.1, 0.15) is 0 Å². The van der Waals surface area contributed by atoms with Gasteiger partial charge in [-0.3, -0.25) is 24.8 Å². The van der Waals surface area contributed by atoms with Gasteiger partial charge in [-0.25, -0.2) is 4.98 Å². The molecule has 0 bridgehead atoms. The Morgan fingerprint density at radius 3 is 2.77 bits per heavy atom. The average molecular weight is 439 g/mol. The zero-order chi connectivity index (χ0) is 21.3. The number of carbonyl (C=O) groups is 1. The summed E-state index contributed by atoms with van der Waals surface area (Å²) in [5.41, 5.74) is 2.28. The fourth-order valence-electron chi connectivity index (χ4n) is 2.99. The van der Waals surface area contributed by atoms with Crippen LogP contribution in [0.4, 0.5) is 10.8 Å². The van der Waals surface area contributed by atoms with E-state index in [0.29, 0.717) is 15.8 Å². The Hall–Kier alpha value is -3.36. The molecule has 0 unspecified atom stereocenters. The molecule has 2 aromatic heterocycles. The minimum atomic E-state index is -0.525. The molecule has 0 radical (unpaired) electrons. The molecule has 0 saturated heterocycles. The second-order valence-corrected chi connectivity index (χ2v) is 7.95. The number of thiazole rings is 1. The Balaban J connectivity index is 1.80. The van der Waals surface area contributed by atoms with Crippen LogP contribution in [-0.2, 0) is 6.54 Å². The van der Waals surface area contributed by atoms with Crippen molar-refractivity contribution in [3.8, 4) is 0 Å². The van der Waals surface area contributed by atoms with Gasteiger partial charge in [-0.15, -0.1) is 0 Å². The molecule has 9 heteroatoms. The van der Waals surface area contributed by atoms with Crippen molar-refractivity contribution < 1.29 is 9.72 Å². The number of amides is 1.